The molecule has 0 saturated heterocycles. The Balaban J connectivity index is 2.17. The summed E-state index contributed by atoms with van der Waals surface area (Å²) in [6.45, 7) is 5.88. The van der Waals surface area contributed by atoms with Crippen LogP contribution in [0, 0.1) is 20.8 Å². The first-order valence-corrected chi connectivity index (χ1v) is 7.45. The van der Waals surface area contributed by atoms with Gasteiger partial charge in [0.2, 0.25) is 5.91 Å². The second kappa shape index (κ2) is 7.09. The number of carbonyl (C=O) groups is 2. The maximum absolute atomic E-state index is 12.3. The Morgan fingerprint density at radius 2 is 1.70 bits per heavy atom. The molecule has 0 radical (unpaired) electrons. The van der Waals surface area contributed by atoms with Crippen LogP contribution in [-0.4, -0.2) is 19.0 Å². The Kier molecular flexibility index (Phi) is 5.16. The highest BCUT2D eigenvalue weighted by Crippen LogP contribution is 2.19. The van der Waals surface area contributed by atoms with Crippen molar-refractivity contribution in [2.75, 3.05) is 12.4 Å². The van der Waals surface area contributed by atoms with Crippen LogP contribution in [0.4, 0.5) is 5.69 Å². The molecule has 120 valence electrons. The molecule has 4 heteroatoms. The second-order valence-electron chi connectivity index (χ2n) is 5.68. The number of anilines is 1. The zero-order chi connectivity index (χ0) is 17.0. The van der Waals surface area contributed by atoms with Crippen LogP contribution in [0.15, 0.2) is 36.4 Å². The highest BCUT2D eigenvalue weighted by Gasteiger charge is 2.11. The topological polar surface area (TPSA) is 55.4 Å². The normalized spacial score (nSPS) is 10.3. The van der Waals surface area contributed by atoms with E-state index in [-0.39, 0.29) is 5.91 Å². The van der Waals surface area contributed by atoms with Gasteiger partial charge in [-0.1, -0.05) is 29.8 Å². The lowest BCUT2D eigenvalue weighted by Gasteiger charge is -2.11. The molecule has 2 rings (SSSR count). The summed E-state index contributed by atoms with van der Waals surface area (Å²) in [7, 11) is 1.33. The fraction of sp³-hybridized carbons (Fsp3) is 0.263. The molecular weight excluding hydrogens is 290 g/mol. The number of amides is 1. The van der Waals surface area contributed by atoms with Crippen molar-refractivity contribution in [2.45, 2.75) is 27.2 Å². The number of carbonyl (C=O) groups excluding carboxylic acids is 2. The van der Waals surface area contributed by atoms with Gasteiger partial charge < -0.3 is 10.1 Å². The first kappa shape index (κ1) is 16.7. The Hall–Kier alpha value is -2.62. The van der Waals surface area contributed by atoms with Gasteiger partial charge in [0.15, 0.2) is 0 Å². The number of hydrogen-bond donors (Lipinski definition) is 1. The van der Waals surface area contributed by atoms with Crippen molar-refractivity contribution >= 4 is 17.6 Å². The van der Waals surface area contributed by atoms with E-state index in [9.17, 15) is 9.59 Å². The van der Waals surface area contributed by atoms with Crippen LogP contribution in [0.25, 0.3) is 0 Å². The molecule has 0 aliphatic heterocycles. The van der Waals surface area contributed by atoms with E-state index < -0.39 is 5.97 Å². The van der Waals surface area contributed by atoms with Crippen LogP contribution < -0.4 is 5.32 Å². The lowest BCUT2D eigenvalue weighted by atomic mass is 10.0. The van der Waals surface area contributed by atoms with E-state index in [1.165, 1.54) is 7.11 Å². The van der Waals surface area contributed by atoms with Gasteiger partial charge in [0.1, 0.15) is 0 Å². The molecule has 0 unspecified atom stereocenters. The third-order valence-electron chi connectivity index (χ3n) is 3.79. The highest BCUT2D eigenvalue weighted by atomic mass is 16.5. The molecule has 0 aliphatic carbocycles. The van der Waals surface area contributed by atoms with Gasteiger partial charge in [-0.15, -0.1) is 0 Å². The molecular formula is C19H21NO3. The quantitative estimate of drug-likeness (QED) is 0.878. The van der Waals surface area contributed by atoms with Crippen molar-refractivity contribution < 1.29 is 14.3 Å². The predicted molar refractivity (Wildman–Crippen MR) is 90.8 cm³/mol. The van der Waals surface area contributed by atoms with Crippen molar-refractivity contribution in [1.82, 2.24) is 0 Å². The highest BCUT2D eigenvalue weighted by molar-refractivity contribution is 5.96. The van der Waals surface area contributed by atoms with E-state index in [4.69, 9.17) is 4.74 Å². The van der Waals surface area contributed by atoms with Crippen molar-refractivity contribution in [3.8, 4) is 0 Å². The van der Waals surface area contributed by atoms with Crippen molar-refractivity contribution in [3.63, 3.8) is 0 Å². The Labute approximate surface area is 136 Å². The van der Waals surface area contributed by atoms with Gasteiger partial charge in [-0.25, -0.2) is 4.79 Å². The summed E-state index contributed by atoms with van der Waals surface area (Å²) in [4.78, 5) is 23.9. The van der Waals surface area contributed by atoms with Gasteiger partial charge in [-0.2, -0.15) is 0 Å². The molecule has 1 N–H and O–H groups in total. The summed E-state index contributed by atoms with van der Waals surface area (Å²) in [5, 5.41) is 2.88. The number of methoxy groups -OCH3 is 1. The van der Waals surface area contributed by atoms with E-state index in [2.05, 4.69) is 5.32 Å². The number of ether oxygens (including phenoxy) is 1. The van der Waals surface area contributed by atoms with Crippen LogP contribution in [0.2, 0.25) is 0 Å². The van der Waals surface area contributed by atoms with Gasteiger partial charge in [0.25, 0.3) is 0 Å². The van der Waals surface area contributed by atoms with Gasteiger partial charge in [-0.05, 0) is 49.6 Å². The number of esters is 1. The molecule has 23 heavy (non-hydrogen) atoms. The largest absolute Gasteiger partial charge is 0.465 e. The number of hydrogen-bond acceptors (Lipinski definition) is 3. The summed E-state index contributed by atoms with van der Waals surface area (Å²) in [5.74, 6) is -0.529. The van der Waals surface area contributed by atoms with E-state index in [1.54, 1.807) is 18.2 Å². The fourth-order valence-electron chi connectivity index (χ4n) is 2.36. The van der Waals surface area contributed by atoms with Crippen molar-refractivity contribution in [2.24, 2.45) is 0 Å². The zero-order valence-electron chi connectivity index (χ0n) is 13.9. The van der Waals surface area contributed by atoms with E-state index in [0.717, 1.165) is 22.3 Å². The van der Waals surface area contributed by atoms with Gasteiger partial charge in [-0.3, -0.25) is 4.79 Å². The van der Waals surface area contributed by atoms with Crippen LogP contribution in [-0.2, 0) is 16.0 Å². The first-order valence-electron chi connectivity index (χ1n) is 7.45. The minimum Gasteiger partial charge on any atom is -0.465 e. The standard InChI is InChI=1S/C19H21NO3/c1-12-5-6-13(2)16(9-12)11-18(21)20-17-10-15(19(22)23-4)8-7-14(17)3/h5-10H,11H2,1-4H3,(H,20,21). The van der Waals surface area contributed by atoms with Crippen LogP contribution in [0.1, 0.15) is 32.6 Å². The zero-order valence-corrected chi connectivity index (χ0v) is 13.9. The molecule has 0 heterocycles. The van der Waals surface area contributed by atoms with Gasteiger partial charge >= 0.3 is 5.97 Å². The smallest absolute Gasteiger partial charge is 0.337 e. The Morgan fingerprint density at radius 1 is 1.00 bits per heavy atom. The molecule has 2 aromatic rings. The minimum atomic E-state index is -0.421. The average Bonchev–Trinajstić information content (AvgIpc) is 2.52. The number of benzene rings is 2. The lowest BCUT2D eigenvalue weighted by molar-refractivity contribution is -0.115. The Morgan fingerprint density at radius 3 is 2.39 bits per heavy atom. The molecule has 2 aromatic carbocycles. The monoisotopic (exact) mass is 311 g/mol. The molecule has 0 aromatic heterocycles. The van der Waals surface area contributed by atoms with Crippen LogP contribution in [0.5, 0.6) is 0 Å². The van der Waals surface area contributed by atoms with Gasteiger partial charge in [0, 0.05) is 5.69 Å². The van der Waals surface area contributed by atoms with Crippen LogP contribution in [0.3, 0.4) is 0 Å². The molecule has 0 spiro atoms. The molecule has 0 aliphatic rings. The van der Waals surface area contributed by atoms with Crippen LogP contribution >= 0.6 is 0 Å². The maximum Gasteiger partial charge on any atom is 0.337 e. The average molecular weight is 311 g/mol. The van der Waals surface area contributed by atoms with E-state index >= 15 is 0 Å². The molecule has 0 atom stereocenters. The molecule has 0 bridgehead atoms. The predicted octanol–water partition coefficient (Wildman–Crippen LogP) is 3.58. The summed E-state index contributed by atoms with van der Waals surface area (Å²) in [6.07, 6.45) is 0.301. The first-order chi connectivity index (χ1) is 10.9. The van der Waals surface area contributed by atoms with Gasteiger partial charge in [0.05, 0.1) is 19.1 Å². The summed E-state index contributed by atoms with van der Waals surface area (Å²) in [5.41, 5.74) is 5.16. The number of aryl methyl sites for hydroxylation is 3. The van der Waals surface area contributed by atoms with E-state index in [0.29, 0.717) is 17.7 Å². The second-order valence-corrected chi connectivity index (χ2v) is 5.68. The maximum atomic E-state index is 12.3. The molecule has 0 fully saturated rings. The summed E-state index contributed by atoms with van der Waals surface area (Å²) in [6, 6.07) is 11.2. The number of rotatable bonds is 4. The van der Waals surface area contributed by atoms with Crippen molar-refractivity contribution in [3.05, 3.63) is 64.2 Å². The van der Waals surface area contributed by atoms with E-state index in [1.807, 2.05) is 39.0 Å². The Bertz CT molecular complexity index is 750. The van der Waals surface area contributed by atoms with Crippen molar-refractivity contribution in [1.29, 1.82) is 0 Å². The summed E-state index contributed by atoms with van der Waals surface area (Å²) < 4.78 is 4.71. The SMILES string of the molecule is COC(=O)c1ccc(C)c(NC(=O)Cc2cc(C)ccc2C)c1. The summed E-state index contributed by atoms with van der Waals surface area (Å²) >= 11 is 0. The molecule has 4 nitrogen and oxygen atoms in total. The third-order valence-corrected chi connectivity index (χ3v) is 3.79. The molecule has 0 saturated carbocycles. The minimum absolute atomic E-state index is 0.108. The fourth-order valence-corrected chi connectivity index (χ4v) is 2.36. The molecule has 1 amide bonds. The lowest BCUT2D eigenvalue weighted by Crippen LogP contribution is -2.16. The third kappa shape index (κ3) is 4.19. The number of nitrogens with one attached hydrogen (secondary N) is 1.